The van der Waals surface area contributed by atoms with Crippen molar-refractivity contribution in [1.82, 2.24) is 15.1 Å². The maximum absolute atomic E-state index is 14.0. The number of urea groups is 1. The van der Waals surface area contributed by atoms with Crippen LogP contribution in [0.1, 0.15) is 30.1 Å². The van der Waals surface area contributed by atoms with Crippen molar-refractivity contribution in [3.05, 3.63) is 113 Å². The van der Waals surface area contributed by atoms with Gasteiger partial charge in [-0.15, -0.1) is 0 Å². The van der Waals surface area contributed by atoms with E-state index in [4.69, 9.17) is 0 Å². The van der Waals surface area contributed by atoms with Gasteiger partial charge in [0.25, 0.3) is 11.8 Å². The molecule has 0 bridgehead atoms. The largest absolute Gasteiger partial charge is 0.326 e. The van der Waals surface area contributed by atoms with Gasteiger partial charge in [0.2, 0.25) is 0 Å². The molecule has 0 unspecified atom stereocenters. The van der Waals surface area contributed by atoms with Gasteiger partial charge in [0, 0.05) is 12.2 Å². The van der Waals surface area contributed by atoms with Crippen LogP contribution >= 0.6 is 0 Å². The molecule has 0 spiro atoms. The number of hydrogen-bond donors (Lipinski definition) is 2. The van der Waals surface area contributed by atoms with E-state index in [2.05, 4.69) is 10.6 Å². The third kappa shape index (κ3) is 4.22. The Bertz CT molecular complexity index is 1330. The molecule has 2 heterocycles. The van der Waals surface area contributed by atoms with Crippen molar-refractivity contribution >= 4 is 23.5 Å². The number of benzene rings is 3. The number of halogens is 1. The summed E-state index contributed by atoms with van der Waals surface area (Å²) in [7, 11) is 0. The summed E-state index contributed by atoms with van der Waals surface area (Å²) >= 11 is 0. The second kappa shape index (κ2) is 9.65. The van der Waals surface area contributed by atoms with Crippen LogP contribution in [0.25, 0.3) is 0 Å². The molecule has 3 aromatic rings. The molecule has 5 rings (SSSR count). The van der Waals surface area contributed by atoms with Crippen molar-refractivity contribution in [2.45, 2.75) is 19.0 Å². The van der Waals surface area contributed by atoms with Gasteiger partial charge in [-0.2, -0.15) is 0 Å². The van der Waals surface area contributed by atoms with Crippen molar-refractivity contribution in [2.75, 3.05) is 18.4 Å². The van der Waals surface area contributed by atoms with Crippen LogP contribution in [0.3, 0.4) is 0 Å². The van der Waals surface area contributed by atoms with Gasteiger partial charge in [0.05, 0.1) is 23.9 Å². The molecule has 2 aliphatic rings. The molecule has 7 nitrogen and oxygen atoms in total. The van der Waals surface area contributed by atoms with Crippen LogP contribution in [-0.4, -0.2) is 40.7 Å². The third-order valence-electron chi connectivity index (χ3n) is 6.49. The SMILES string of the molecule is CCN1C(=O)N[C@H](c2ccccc2)C2=C1CN([C@@H](C(=O)Nc1ccc(F)cc1)c1ccccc1)C2=O. The number of amides is 4. The molecule has 2 atom stereocenters. The van der Waals surface area contributed by atoms with Gasteiger partial charge in [0.1, 0.15) is 11.9 Å². The first-order valence-corrected chi connectivity index (χ1v) is 11.8. The van der Waals surface area contributed by atoms with Gasteiger partial charge in [-0.3, -0.25) is 14.5 Å². The van der Waals surface area contributed by atoms with E-state index in [1.54, 1.807) is 29.2 Å². The summed E-state index contributed by atoms with van der Waals surface area (Å²) in [5.74, 6) is -1.16. The topological polar surface area (TPSA) is 81.8 Å². The number of hydrogen-bond acceptors (Lipinski definition) is 3. The molecular formula is C28H25FN4O3. The van der Waals surface area contributed by atoms with Gasteiger partial charge in [-0.1, -0.05) is 60.7 Å². The van der Waals surface area contributed by atoms with Crippen LogP contribution in [0, 0.1) is 5.82 Å². The number of rotatable bonds is 6. The zero-order valence-electron chi connectivity index (χ0n) is 19.6. The second-order valence-corrected chi connectivity index (χ2v) is 8.64. The number of likely N-dealkylation sites (N-methyl/N-ethyl adjacent to an activating group) is 1. The van der Waals surface area contributed by atoms with Crippen molar-refractivity contribution in [3.63, 3.8) is 0 Å². The fraction of sp³-hybridized carbons (Fsp3) is 0.179. The Labute approximate surface area is 208 Å². The lowest BCUT2D eigenvalue weighted by Crippen LogP contribution is -2.47. The lowest BCUT2D eigenvalue weighted by atomic mass is 9.95. The minimum absolute atomic E-state index is 0.106. The second-order valence-electron chi connectivity index (χ2n) is 8.64. The Morgan fingerprint density at radius 3 is 2.28 bits per heavy atom. The monoisotopic (exact) mass is 484 g/mol. The average molecular weight is 485 g/mol. The first kappa shape index (κ1) is 23.3. The number of carbonyl (C=O) groups excluding carboxylic acids is 3. The van der Waals surface area contributed by atoms with E-state index in [1.807, 2.05) is 43.3 Å². The molecule has 0 saturated carbocycles. The molecule has 4 amide bonds. The summed E-state index contributed by atoms with van der Waals surface area (Å²) in [6.45, 7) is 2.33. The minimum Gasteiger partial charge on any atom is -0.326 e. The van der Waals surface area contributed by atoms with E-state index in [9.17, 15) is 18.8 Å². The van der Waals surface area contributed by atoms with Crippen LogP contribution in [0.4, 0.5) is 14.9 Å². The van der Waals surface area contributed by atoms with Crippen molar-refractivity contribution in [2.24, 2.45) is 0 Å². The Hall–Kier alpha value is -4.46. The highest BCUT2D eigenvalue weighted by molar-refractivity contribution is 6.05. The summed E-state index contributed by atoms with van der Waals surface area (Å²) < 4.78 is 13.4. The molecule has 3 aromatic carbocycles. The predicted molar refractivity (Wildman–Crippen MR) is 133 cm³/mol. The van der Waals surface area contributed by atoms with Crippen molar-refractivity contribution in [1.29, 1.82) is 0 Å². The van der Waals surface area contributed by atoms with E-state index in [1.165, 1.54) is 29.2 Å². The van der Waals surface area contributed by atoms with E-state index in [0.29, 0.717) is 29.1 Å². The standard InChI is InChI=1S/C28H25FN4O3/c1-2-32-22-17-33(27(35)23(22)24(31-28(32)36)18-9-5-3-6-10-18)25(19-11-7-4-8-12-19)26(34)30-21-15-13-20(29)14-16-21/h3-16,24-25H,2,17H2,1H3,(H,30,34)(H,31,36)/t24-,25-/m1/s1. The first-order valence-electron chi connectivity index (χ1n) is 11.8. The van der Waals surface area contributed by atoms with Gasteiger partial charge < -0.3 is 15.5 Å². The summed E-state index contributed by atoms with van der Waals surface area (Å²) in [6, 6.07) is 21.9. The fourth-order valence-corrected chi connectivity index (χ4v) is 4.80. The zero-order chi connectivity index (χ0) is 25.2. The van der Waals surface area contributed by atoms with Crippen molar-refractivity contribution < 1.29 is 18.8 Å². The molecule has 0 aromatic heterocycles. The quantitative estimate of drug-likeness (QED) is 0.545. The van der Waals surface area contributed by atoms with E-state index in [-0.39, 0.29) is 18.5 Å². The lowest BCUT2D eigenvalue weighted by Gasteiger charge is -2.32. The summed E-state index contributed by atoms with van der Waals surface area (Å²) in [6.07, 6.45) is 0. The zero-order valence-corrected chi connectivity index (χ0v) is 19.6. The number of anilines is 1. The van der Waals surface area contributed by atoms with Crippen molar-refractivity contribution in [3.8, 4) is 0 Å². The van der Waals surface area contributed by atoms with Crippen LogP contribution < -0.4 is 10.6 Å². The first-order chi connectivity index (χ1) is 17.5. The molecule has 0 saturated heterocycles. The highest BCUT2D eigenvalue weighted by atomic mass is 19.1. The molecule has 2 aliphatic heterocycles. The summed E-state index contributed by atoms with van der Waals surface area (Å²) in [5.41, 5.74) is 2.88. The van der Waals surface area contributed by atoms with E-state index in [0.717, 1.165) is 5.56 Å². The molecular weight excluding hydrogens is 459 g/mol. The van der Waals surface area contributed by atoms with Crippen LogP contribution in [0.15, 0.2) is 96.2 Å². The molecule has 36 heavy (non-hydrogen) atoms. The van der Waals surface area contributed by atoms with Gasteiger partial charge in [-0.25, -0.2) is 9.18 Å². The smallest absolute Gasteiger partial charge is 0.322 e. The van der Waals surface area contributed by atoms with E-state index < -0.39 is 23.8 Å². The lowest BCUT2D eigenvalue weighted by molar-refractivity contribution is -0.134. The number of nitrogens with zero attached hydrogens (tertiary/aromatic N) is 2. The van der Waals surface area contributed by atoms with Crippen LogP contribution in [0.2, 0.25) is 0 Å². The number of carbonyl (C=O) groups is 3. The van der Waals surface area contributed by atoms with E-state index >= 15 is 0 Å². The molecule has 0 aliphatic carbocycles. The molecule has 182 valence electrons. The van der Waals surface area contributed by atoms with Gasteiger partial charge in [-0.05, 0) is 42.3 Å². The maximum atomic E-state index is 14.0. The Morgan fingerprint density at radius 2 is 1.64 bits per heavy atom. The average Bonchev–Trinajstić information content (AvgIpc) is 3.22. The highest BCUT2D eigenvalue weighted by Crippen LogP contribution is 2.39. The van der Waals surface area contributed by atoms with Gasteiger partial charge in [0.15, 0.2) is 0 Å². The van der Waals surface area contributed by atoms with Crippen LogP contribution in [0.5, 0.6) is 0 Å². The van der Waals surface area contributed by atoms with Gasteiger partial charge >= 0.3 is 6.03 Å². The molecule has 0 radical (unpaired) electrons. The Morgan fingerprint density at radius 1 is 1.00 bits per heavy atom. The molecule has 8 heteroatoms. The maximum Gasteiger partial charge on any atom is 0.322 e. The molecule has 2 N–H and O–H groups in total. The third-order valence-corrected chi connectivity index (χ3v) is 6.49. The predicted octanol–water partition coefficient (Wildman–Crippen LogP) is 4.39. The molecule has 0 fully saturated rings. The summed E-state index contributed by atoms with van der Waals surface area (Å²) in [5, 5.41) is 5.76. The highest BCUT2D eigenvalue weighted by Gasteiger charge is 2.47. The Kier molecular flexibility index (Phi) is 6.25. The normalized spacial score (nSPS) is 18.1. The minimum atomic E-state index is -0.959. The fourth-order valence-electron chi connectivity index (χ4n) is 4.80. The van der Waals surface area contributed by atoms with Crippen LogP contribution in [-0.2, 0) is 9.59 Å². The Balaban J connectivity index is 1.53. The summed E-state index contributed by atoms with van der Waals surface area (Å²) in [4.78, 5) is 43.6. The number of nitrogens with one attached hydrogen (secondary N) is 2.